The zero-order valence-electron chi connectivity index (χ0n) is 26.5. The number of nitrogens with zero attached hydrogens (tertiary/aromatic N) is 3. The molecule has 14 heteroatoms. The highest BCUT2D eigenvalue weighted by molar-refractivity contribution is 6.47. The molecule has 240 valence electrons. The Kier molecular flexibility index (Phi) is 10.1. The lowest BCUT2D eigenvalue weighted by atomic mass is 9.43. The van der Waals surface area contributed by atoms with Crippen LogP contribution in [0.2, 0.25) is 0 Å². The van der Waals surface area contributed by atoms with Crippen molar-refractivity contribution in [1.29, 1.82) is 0 Å². The molecule has 7 atom stereocenters. The Morgan fingerprint density at radius 3 is 2.58 bits per heavy atom. The van der Waals surface area contributed by atoms with E-state index in [1.807, 2.05) is 0 Å². The average molecular weight is 605 g/mol. The molecule has 5 rings (SSSR count). The van der Waals surface area contributed by atoms with E-state index in [2.05, 4.69) is 44.9 Å². The maximum Gasteiger partial charge on any atom is 0.481 e. The quantitative estimate of drug-likeness (QED) is 0.0710. The van der Waals surface area contributed by atoms with E-state index in [0.717, 1.165) is 19.3 Å². The third kappa shape index (κ3) is 7.16. The Balaban J connectivity index is 1.47. The summed E-state index contributed by atoms with van der Waals surface area (Å²) in [4.78, 5) is 55.6. The van der Waals surface area contributed by atoms with Crippen molar-refractivity contribution in [3.63, 3.8) is 0 Å². The van der Waals surface area contributed by atoms with Gasteiger partial charge in [-0.05, 0) is 75.0 Å². The van der Waals surface area contributed by atoms with E-state index in [1.54, 1.807) is 10.3 Å². The molecule has 2 aliphatic heterocycles. The van der Waals surface area contributed by atoms with Crippen molar-refractivity contribution in [3.05, 3.63) is 10.1 Å². The fraction of sp³-hybridized carbons (Fsp3) is 0.862. The Labute approximate surface area is 254 Å². The van der Waals surface area contributed by atoms with E-state index < -0.39 is 35.7 Å². The van der Waals surface area contributed by atoms with Gasteiger partial charge in [-0.1, -0.05) is 33.1 Å². The molecule has 5 fully saturated rings. The van der Waals surface area contributed by atoms with Crippen LogP contribution in [-0.2, 0) is 23.7 Å². The van der Waals surface area contributed by atoms with Crippen LogP contribution < -0.4 is 16.5 Å². The van der Waals surface area contributed by atoms with Gasteiger partial charge in [-0.2, -0.15) is 0 Å². The Hall–Kier alpha value is -2.74. The first-order valence-electron chi connectivity index (χ1n) is 15.8. The topological polar surface area (TPSA) is 178 Å². The number of nitrogens with two attached hydrogens (primary N) is 1. The maximum absolute atomic E-state index is 13.9. The predicted molar refractivity (Wildman–Crippen MR) is 161 cm³/mol. The van der Waals surface area contributed by atoms with Crippen LogP contribution in [0.3, 0.4) is 0 Å². The first-order valence-corrected chi connectivity index (χ1v) is 15.8. The summed E-state index contributed by atoms with van der Waals surface area (Å²) in [5.41, 5.74) is 7.11. The highest BCUT2D eigenvalue weighted by atomic mass is 16.7. The van der Waals surface area contributed by atoms with Gasteiger partial charge >= 0.3 is 7.12 Å². The second-order valence-corrected chi connectivity index (χ2v) is 14.1. The maximum atomic E-state index is 13.9. The molecule has 2 heterocycles. The van der Waals surface area contributed by atoms with Gasteiger partial charge < -0.3 is 25.3 Å². The van der Waals surface area contributed by atoms with Crippen LogP contribution in [0.25, 0.3) is 0 Å². The van der Waals surface area contributed by atoms with Crippen LogP contribution in [0.15, 0.2) is 4.99 Å². The molecule has 43 heavy (non-hydrogen) atoms. The summed E-state index contributed by atoms with van der Waals surface area (Å²) < 4.78 is 13.2. The molecular weight excluding hydrogens is 555 g/mol. The zero-order valence-corrected chi connectivity index (χ0v) is 26.5. The third-order valence-electron chi connectivity index (χ3n) is 10.4. The number of guanidine groups is 1. The van der Waals surface area contributed by atoms with Crippen molar-refractivity contribution in [1.82, 2.24) is 15.6 Å². The van der Waals surface area contributed by atoms with Crippen molar-refractivity contribution in [2.45, 2.75) is 117 Å². The van der Waals surface area contributed by atoms with Gasteiger partial charge in [0, 0.05) is 32.4 Å². The smallest absolute Gasteiger partial charge is 0.404 e. The number of rotatable bonds is 13. The number of Topliss-reactive ketones (excluding diaryl/α,β-unsaturated/α-hetero) is 1. The second-order valence-electron chi connectivity index (χ2n) is 14.1. The van der Waals surface area contributed by atoms with E-state index in [0.29, 0.717) is 44.1 Å². The van der Waals surface area contributed by atoms with Crippen molar-refractivity contribution < 1.29 is 28.7 Å². The van der Waals surface area contributed by atoms with Crippen LogP contribution in [0.5, 0.6) is 0 Å². The third-order valence-corrected chi connectivity index (χ3v) is 10.4. The van der Waals surface area contributed by atoms with E-state index in [-0.39, 0.29) is 54.0 Å². The predicted octanol–water partition coefficient (Wildman–Crippen LogP) is 2.25. The summed E-state index contributed by atoms with van der Waals surface area (Å²) in [6.07, 6.45) is 4.71. The van der Waals surface area contributed by atoms with Crippen LogP contribution in [0, 0.1) is 39.2 Å². The summed E-state index contributed by atoms with van der Waals surface area (Å²) in [7, 11) is -0.589. The number of nitrogens with one attached hydrogen (secondary N) is 2. The molecule has 0 aromatic rings. The fourth-order valence-corrected chi connectivity index (χ4v) is 7.97. The minimum atomic E-state index is -0.793. The van der Waals surface area contributed by atoms with Gasteiger partial charge in [-0.3, -0.25) is 14.4 Å². The van der Waals surface area contributed by atoms with Gasteiger partial charge in [0.2, 0.25) is 11.8 Å². The monoisotopic (exact) mass is 604 g/mol. The van der Waals surface area contributed by atoms with Crippen LogP contribution >= 0.6 is 0 Å². The van der Waals surface area contributed by atoms with Crippen molar-refractivity contribution in [2.75, 3.05) is 13.1 Å². The molecule has 0 spiro atoms. The Morgan fingerprint density at radius 2 is 1.95 bits per heavy atom. The summed E-state index contributed by atoms with van der Waals surface area (Å²) in [6, 6.07) is -0.531. The molecule has 5 aliphatic rings. The van der Waals surface area contributed by atoms with Gasteiger partial charge in [-0.15, -0.1) is 0 Å². The van der Waals surface area contributed by atoms with E-state index in [9.17, 15) is 24.5 Å². The minimum absolute atomic E-state index is 0.0192. The van der Waals surface area contributed by atoms with Crippen LogP contribution in [-0.4, -0.2) is 77.4 Å². The number of amides is 2. The average Bonchev–Trinajstić information content (AvgIpc) is 3.53. The lowest BCUT2D eigenvalue weighted by Gasteiger charge is -2.64. The van der Waals surface area contributed by atoms with E-state index in [4.69, 9.17) is 15.0 Å². The van der Waals surface area contributed by atoms with Gasteiger partial charge in [0.25, 0.3) is 5.96 Å². The number of hydrogen-bond acceptors (Lipinski definition) is 8. The van der Waals surface area contributed by atoms with Crippen LogP contribution in [0.4, 0.5) is 0 Å². The molecule has 0 radical (unpaired) electrons. The zero-order chi connectivity index (χ0) is 31.7. The summed E-state index contributed by atoms with van der Waals surface area (Å²) in [5.74, 6) is -0.710. The number of hydrazine groups is 1. The molecule has 4 N–H and O–H groups in total. The SMILES string of the molecule is CC(=O)N1CCC[C@H]1C(=O)C[C@@H](CCCN=C(N)N[N+](=O)[O-])C(=O)N[C@@H](CC(C)C)B1O[C@@H]2C[C@@H]3C[C@@H](C3(C)C)[C@]2(C)O1. The second kappa shape index (κ2) is 13.1. The number of ketones is 1. The molecule has 13 nitrogen and oxygen atoms in total. The molecule has 3 saturated carbocycles. The highest BCUT2D eigenvalue weighted by Crippen LogP contribution is 2.65. The van der Waals surface area contributed by atoms with Crippen LogP contribution in [0.1, 0.15) is 92.9 Å². The molecule has 0 aromatic heterocycles. The van der Waals surface area contributed by atoms with Gasteiger partial charge in [0.1, 0.15) is 0 Å². The standard InChI is InChI=1S/C29H49BN6O7/c1-17(2)13-25(30-42-24-16-20-15-23(28(20,4)5)29(24,6)43-30)33-26(39)19(9-7-11-32-27(31)34-36(40)41)14-22(38)21-10-8-12-35(21)18(3)37/h17,19-21,23-25H,7-16H2,1-6H3,(H,33,39)(H3,31,32,34)/t19-,20+,21+,23+,24-,25+,29+/m1/s1. The number of nitro groups is 1. The van der Waals surface area contributed by atoms with Gasteiger partial charge in [0.15, 0.2) is 10.8 Å². The minimum Gasteiger partial charge on any atom is -0.404 e. The summed E-state index contributed by atoms with van der Waals surface area (Å²) in [6.45, 7) is 13.1. The molecule has 2 amide bonds. The summed E-state index contributed by atoms with van der Waals surface area (Å²) in [5, 5.41) is 13.0. The van der Waals surface area contributed by atoms with Crippen molar-refractivity contribution in [3.8, 4) is 0 Å². The molecule has 2 saturated heterocycles. The van der Waals surface area contributed by atoms with Gasteiger partial charge in [-0.25, -0.2) is 15.1 Å². The summed E-state index contributed by atoms with van der Waals surface area (Å²) >= 11 is 0. The lowest BCUT2D eigenvalue weighted by molar-refractivity contribution is -0.525. The lowest BCUT2D eigenvalue weighted by Crippen LogP contribution is -2.65. The molecule has 2 bridgehead atoms. The number of carbonyl (C=O) groups excluding carboxylic acids is 3. The molecule has 0 aromatic carbocycles. The normalized spacial score (nSPS) is 30.8. The van der Waals surface area contributed by atoms with Crippen molar-refractivity contribution in [2.24, 2.45) is 39.8 Å². The molecule has 0 unspecified atom stereocenters. The number of likely N-dealkylation sites (tertiary alicyclic amines) is 1. The number of hydrogen-bond donors (Lipinski definition) is 3. The first kappa shape index (κ1) is 33.2. The number of carbonyl (C=O) groups is 3. The fourth-order valence-electron chi connectivity index (χ4n) is 7.97. The van der Waals surface area contributed by atoms with E-state index >= 15 is 0 Å². The van der Waals surface area contributed by atoms with E-state index in [1.165, 1.54) is 6.92 Å². The highest BCUT2D eigenvalue weighted by Gasteiger charge is 2.68. The first-order chi connectivity index (χ1) is 20.1. The molecule has 3 aliphatic carbocycles. The Morgan fingerprint density at radius 1 is 1.23 bits per heavy atom. The van der Waals surface area contributed by atoms with Crippen molar-refractivity contribution >= 4 is 30.7 Å². The molecular formula is C29H49BN6O7. The Bertz CT molecular complexity index is 1120. The largest absolute Gasteiger partial charge is 0.481 e. The number of aliphatic imine (C=N–C) groups is 1. The van der Waals surface area contributed by atoms with Gasteiger partial charge in [0.05, 0.1) is 23.7 Å².